The lowest BCUT2D eigenvalue weighted by atomic mass is 9.88. The van der Waals surface area contributed by atoms with Crippen LogP contribution >= 0.6 is 0 Å². The van der Waals surface area contributed by atoms with Crippen LogP contribution in [0.3, 0.4) is 0 Å². The van der Waals surface area contributed by atoms with Crippen LogP contribution in [0.5, 0.6) is 0 Å². The van der Waals surface area contributed by atoms with Gasteiger partial charge in [0.25, 0.3) is 0 Å². The van der Waals surface area contributed by atoms with Crippen molar-refractivity contribution < 1.29 is 4.79 Å². The smallest absolute Gasteiger partial charge is 0.242 e. The first-order chi connectivity index (χ1) is 6.52. The molecule has 0 aliphatic heterocycles. The Hall–Kier alpha value is -1.35. The van der Waals surface area contributed by atoms with Crippen LogP contribution in [0.2, 0.25) is 0 Å². The fourth-order valence-electron chi connectivity index (χ4n) is 1.52. The van der Waals surface area contributed by atoms with Gasteiger partial charge in [-0.3, -0.25) is 4.79 Å². The van der Waals surface area contributed by atoms with Crippen molar-refractivity contribution in [3.63, 3.8) is 0 Å². The summed E-state index contributed by atoms with van der Waals surface area (Å²) in [4.78, 5) is 11.4. The van der Waals surface area contributed by atoms with Crippen LogP contribution in [0.4, 0.5) is 0 Å². The molecule has 0 radical (unpaired) electrons. The summed E-state index contributed by atoms with van der Waals surface area (Å²) < 4.78 is 0. The number of carbonyl (C=O) groups is 1. The van der Waals surface area contributed by atoms with E-state index in [0.29, 0.717) is 0 Å². The zero-order chi connectivity index (χ0) is 10.8. The van der Waals surface area contributed by atoms with Crippen molar-refractivity contribution in [2.24, 2.45) is 5.73 Å². The van der Waals surface area contributed by atoms with E-state index < -0.39 is 5.54 Å². The number of nitrogens with two attached hydrogens (primary N) is 1. The van der Waals surface area contributed by atoms with Gasteiger partial charge in [-0.1, -0.05) is 24.3 Å². The number of primary amides is 1. The third-order valence-corrected chi connectivity index (χ3v) is 2.68. The topological polar surface area (TPSA) is 55.1 Å². The average molecular weight is 192 g/mol. The van der Waals surface area contributed by atoms with Gasteiger partial charge in [0.15, 0.2) is 0 Å². The second-order valence-electron chi connectivity index (χ2n) is 3.55. The number of nitrogens with one attached hydrogen (secondary N) is 1. The Balaban J connectivity index is 3.26. The lowest BCUT2D eigenvalue weighted by Crippen LogP contribution is -2.49. The molecule has 1 rings (SSSR count). The van der Waals surface area contributed by atoms with Crippen LogP contribution in [0.15, 0.2) is 24.3 Å². The van der Waals surface area contributed by atoms with Gasteiger partial charge >= 0.3 is 0 Å². The SMILES string of the molecule is CNC(C)(C(N)=O)c1ccccc1C. The summed E-state index contributed by atoms with van der Waals surface area (Å²) in [7, 11) is 1.73. The quantitative estimate of drug-likeness (QED) is 0.748. The number of likely N-dealkylation sites (N-methyl/N-ethyl adjacent to an activating group) is 1. The predicted molar refractivity (Wildman–Crippen MR) is 56.8 cm³/mol. The standard InChI is InChI=1S/C11H16N2O/c1-8-6-4-5-7-9(8)11(2,13-3)10(12)14/h4-7,13H,1-3H3,(H2,12,14). The first kappa shape index (κ1) is 10.7. The molecule has 0 aromatic heterocycles. The van der Waals surface area contributed by atoms with Gasteiger partial charge in [0, 0.05) is 0 Å². The highest BCUT2D eigenvalue weighted by Gasteiger charge is 2.32. The highest BCUT2D eigenvalue weighted by molar-refractivity contribution is 5.86. The van der Waals surface area contributed by atoms with E-state index in [-0.39, 0.29) is 5.91 Å². The molecular weight excluding hydrogens is 176 g/mol. The van der Waals surface area contributed by atoms with Crippen molar-refractivity contribution in [1.82, 2.24) is 5.32 Å². The normalized spacial score (nSPS) is 14.8. The number of benzene rings is 1. The van der Waals surface area contributed by atoms with Crippen molar-refractivity contribution in [2.75, 3.05) is 7.05 Å². The predicted octanol–water partition coefficient (Wildman–Crippen LogP) is 0.915. The first-order valence-corrected chi connectivity index (χ1v) is 4.57. The molecule has 0 bridgehead atoms. The van der Waals surface area contributed by atoms with E-state index in [1.165, 1.54) is 0 Å². The third kappa shape index (κ3) is 1.63. The highest BCUT2D eigenvalue weighted by Crippen LogP contribution is 2.22. The van der Waals surface area contributed by atoms with Gasteiger partial charge in [-0.15, -0.1) is 0 Å². The molecule has 1 atom stereocenters. The fraction of sp³-hybridized carbons (Fsp3) is 0.364. The van der Waals surface area contributed by atoms with Crippen molar-refractivity contribution in [3.8, 4) is 0 Å². The van der Waals surface area contributed by atoms with Crippen LogP contribution in [-0.4, -0.2) is 13.0 Å². The van der Waals surface area contributed by atoms with E-state index >= 15 is 0 Å². The lowest BCUT2D eigenvalue weighted by Gasteiger charge is -2.27. The van der Waals surface area contributed by atoms with E-state index in [2.05, 4.69) is 5.32 Å². The maximum Gasteiger partial charge on any atom is 0.242 e. The summed E-state index contributed by atoms with van der Waals surface area (Å²) in [6.07, 6.45) is 0. The summed E-state index contributed by atoms with van der Waals surface area (Å²) >= 11 is 0. The fourth-order valence-corrected chi connectivity index (χ4v) is 1.52. The Morgan fingerprint density at radius 2 is 2.00 bits per heavy atom. The summed E-state index contributed by atoms with van der Waals surface area (Å²) in [6, 6.07) is 7.72. The van der Waals surface area contributed by atoms with E-state index in [1.54, 1.807) is 14.0 Å². The molecule has 0 saturated heterocycles. The van der Waals surface area contributed by atoms with Gasteiger partial charge < -0.3 is 11.1 Å². The summed E-state index contributed by atoms with van der Waals surface area (Å²) in [5.41, 5.74) is 6.58. The van der Waals surface area contributed by atoms with Crippen LogP contribution in [0, 0.1) is 6.92 Å². The van der Waals surface area contributed by atoms with Crippen molar-refractivity contribution in [2.45, 2.75) is 19.4 Å². The molecule has 3 nitrogen and oxygen atoms in total. The number of amides is 1. The highest BCUT2D eigenvalue weighted by atomic mass is 16.1. The van der Waals surface area contributed by atoms with Gasteiger partial charge in [0.05, 0.1) is 0 Å². The van der Waals surface area contributed by atoms with E-state index in [1.807, 2.05) is 31.2 Å². The summed E-state index contributed by atoms with van der Waals surface area (Å²) in [6.45, 7) is 3.76. The zero-order valence-corrected chi connectivity index (χ0v) is 8.79. The average Bonchev–Trinajstić information content (AvgIpc) is 2.17. The monoisotopic (exact) mass is 192 g/mol. The molecule has 3 N–H and O–H groups in total. The maximum absolute atomic E-state index is 11.4. The lowest BCUT2D eigenvalue weighted by molar-refractivity contribution is -0.123. The van der Waals surface area contributed by atoms with Crippen LogP contribution in [0.1, 0.15) is 18.1 Å². The van der Waals surface area contributed by atoms with Gasteiger partial charge in [-0.05, 0) is 32.0 Å². The third-order valence-electron chi connectivity index (χ3n) is 2.68. The van der Waals surface area contributed by atoms with Crippen LogP contribution in [0.25, 0.3) is 0 Å². The Labute approximate surface area is 84.3 Å². The van der Waals surface area contributed by atoms with Crippen LogP contribution in [-0.2, 0) is 10.3 Å². The number of hydrogen-bond acceptors (Lipinski definition) is 2. The van der Waals surface area contributed by atoms with E-state index in [0.717, 1.165) is 11.1 Å². The molecule has 3 heteroatoms. The summed E-state index contributed by atoms with van der Waals surface area (Å²) in [5, 5.41) is 2.96. The molecule has 0 saturated carbocycles. The van der Waals surface area contributed by atoms with Gasteiger partial charge in [-0.25, -0.2) is 0 Å². The molecule has 1 aromatic rings. The Bertz CT molecular complexity index is 349. The molecule has 76 valence electrons. The maximum atomic E-state index is 11.4. The van der Waals surface area contributed by atoms with Crippen molar-refractivity contribution in [3.05, 3.63) is 35.4 Å². The van der Waals surface area contributed by atoms with Gasteiger partial charge in [0.1, 0.15) is 5.54 Å². The van der Waals surface area contributed by atoms with Gasteiger partial charge in [0.2, 0.25) is 5.91 Å². The molecule has 14 heavy (non-hydrogen) atoms. The van der Waals surface area contributed by atoms with Crippen LogP contribution < -0.4 is 11.1 Å². The minimum absolute atomic E-state index is 0.366. The first-order valence-electron chi connectivity index (χ1n) is 4.57. The second-order valence-corrected chi connectivity index (χ2v) is 3.55. The second kappa shape index (κ2) is 3.80. The van der Waals surface area contributed by atoms with Crippen molar-refractivity contribution in [1.29, 1.82) is 0 Å². The summed E-state index contributed by atoms with van der Waals surface area (Å²) in [5.74, 6) is -0.366. The zero-order valence-electron chi connectivity index (χ0n) is 8.79. The van der Waals surface area contributed by atoms with E-state index in [9.17, 15) is 4.79 Å². The molecule has 1 aromatic carbocycles. The number of aryl methyl sites for hydroxylation is 1. The Kier molecular flexibility index (Phi) is 2.91. The Morgan fingerprint density at radius 3 is 2.43 bits per heavy atom. The molecule has 0 aliphatic rings. The molecule has 0 fully saturated rings. The molecule has 0 aliphatic carbocycles. The molecule has 0 spiro atoms. The van der Waals surface area contributed by atoms with Gasteiger partial charge in [-0.2, -0.15) is 0 Å². The molecular formula is C11H16N2O. The molecule has 0 heterocycles. The van der Waals surface area contributed by atoms with Crippen molar-refractivity contribution >= 4 is 5.91 Å². The minimum Gasteiger partial charge on any atom is -0.368 e. The molecule has 1 unspecified atom stereocenters. The molecule has 1 amide bonds. The number of hydrogen-bond donors (Lipinski definition) is 2. The number of rotatable bonds is 3. The Morgan fingerprint density at radius 1 is 1.43 bits per heavy atom. The van der Waals surface area contributed by atoms with E-state index in [4.69, 9.17) is 5.73 Å². The largest absolute Gasteiger partial charge is 0.368 e. The number of carbonyl (C=O) groups excluding carboxylic acids is 1. The minimum atomic E-state index is -0.786.